The Kier molecular flexibility index (Phi) is 5.16. The number of carboxylic acids is 2. The van der Waals surface area contributed by atoms with Gasteiger partial charge in [-0.05, 0) is 48.5 Å². The lowest BCUT2D eigenvalue weighted by molar-refractivity contribution is 0.0686. The minimum atomic E-state index is -1.30. The molecule has 0 fully saturated rings. The number of hydrogen-bond acceptors (Lipinski definition) is 6. The Hall–Kier alpha value is -4.54. The highest BCUT2D eigenvalue weighted by Gasteiger charge is 2.23. The van der Waals surface area contributed by atoms with Crippen LogP contribution in [-0.2, 0) is 0 Å². The second kappa shape index (κ2) is 8.01. The van der Waals surface area contributed by atoms with Crippen LogP contribution in [0.5, 0.6) is 0 Å². The van der Waals surface area contributed by atoms with Gasteiger partial charge in [0.2, 0.25) is 0 Å². The van der Waals surface area contributed by atoms with E-state index >= 15 is 0 Å². The van der Waals surface area contributed by atoms with Gasteiger partial charge in [0.15, 0.2) is 0 Å². The average Bonchev–Trinajstić information content (AvgIpc) is 3.22. The minimum absolute atomic E-state index is 0.0617. The molecule has 0 amide bonds. The molecule has 2 aromatic heterocycles. The molecule has 0 saturated heterocycles. The van der Waals surface area contributed by atoms with E-state index in [0.717, 1.165) is 24.3 Å². The maximum Gasteiger partial charge on any atom is 0.335 e. The number of nitrogens with zero attached hydrogens (tertiary/aromatic N) is 2. The van der Waals surface area contributed by atoms with Gasteiger partial charge in [0.25, 0.3) is 22.2 Å². The monoisotopic (exact) mass is 524 g/mol. The zero-order valence-electron chi connectivity index (χ0n) is 17.6. The van der Waals surface area contributed by atoms with Crippen LogP contribution in [0, 0.1) is 0 Å². The van der Waals surface area contributed by atoms with Crippen molar-refractivity contribution in [1.29, 1.82) is 0 Å². The quantitative estimate of drug-likeness (QED) is 0.363. The van der Waals surface area contributed by atoms with Gasteiger partial charge in [-0.25, -0.2) is 18.7 Å². The van der Waals surface area contributed by atoms with Crippen LogP contribution >= 0.6 is 23.2 Å². The normalized spacial score (nSPS) is 11.4. The fraction of sp³-hybridized carbons (Fsp3) is 0. The highest BCUT2D eigenvalue weighted by Crippen LogP contribution is 2.24. The van der Waals surface area contributed by atoms with Gasteiger partial charge in [-0.1, -0.05) is 23.2 Å². The van der Waals surface area contributed by atoms with E-state index in [-0.39, 0.29) is 54.1 Å². The average molecular weight is 525 g/mol. The number of fused-ring (bicyclic) bond motifs is 2. The molecule has 0 atom stereocenters. The lowest BCUT2D eigenvalue weighted by Crippen LogP contribution is -2.24. The molecule has 0 aliphatic heterocycles. The third kappa shape index (κ3) is 3.27. The minimum Gasteiger partial charge on any atom is -0.478 e. The van der Waals surface area contributed by atoms with Gasteiger partial charge in [-0.2, -0.15) is 0 Å². The molecule has 3 aromatic carbocycles. The van der Waals surface area contributed by atoms with Crippen LogP contribution < -0.4 is 22.2 Å². The fourth-order valence-corrected chi connectivity index (χ4v) is 4.45. The SMILES string of the molecule is O=C(O)c1ccc(Cl)c(-n2c(=O)c3cc4c(=O)n(-c5cc(C(=O)O)ccc5Cl)c(=O)c4cc3c2=O)c1. The van der Waals surface area contributed by atoms with E-state index in [9.17, 15) is 39.0 Å². The Labute approximate surface area is 208 Å². The maximum atomic E-state index is 13.2. The molecule has 0 radical (unpaired) electrons. The number of rotatable bonds is 4. The van der Waals surface area contributed by atoms with Crippen molar-refractivity contribution >= 4 is 56.7 Å². The molecule has 0 aliphatic rings. The van der Waals surface area contributed by atoms with E-state index in [1.807, 2.05) is 0 Å². The van der Waals surface area contributed by atoms with Gasteiger partial charge in [-0.3, -0.25) is 19.2 Å². The summed E-state index contributed by atoms with van der Waals surface area (Å²) in [4.78, 5) is 75.3. The highest BCUT2D eigenvalue weighted by atomic mass is 35.5. The molecule has 5 aromatic rings. The number of benzene rings is 3. The first-order valence-corrected chi connectivity index (χ1v) is 10.8. The summed E-state index contributed by atoms with van der Waals surface area (Å²) < 4.78 is 1.35. The molecular weight excluding hydrogens is 515 g/mol. The standard InChI is InChI=1S/C24H10Cl2N2O8/c25-15-3-1-9(23(33)34)5-17(15)27-19(29)11-7-13-14(8-12(11)20(27)30)22(32)28(21(13)31)18-6-10(24(35)36)2-4-16(18)26/h1-8H,(H,33,34)(H,35,36). The number of carboxylic acid groups (broad SMARTS) is 2. The molecule has 0 aliphatic carbocycles. The third-order valence-electron chi connectivity index (χ3n) is 5.76. The first-order valence-electron chi connectivity index (χ1n) is 10.0. The van der Waals surface area contributed by atoms with Crippen molar-refractivity contribution in [3.63, 3.8) is 0 Å². The molecule has 0 saturated carbocycles. The van der Waals surface area contributed by atoms with Crippen LogP contribution in [0.3, 0.4) is 0 Å². The van der Waals surface area contributed by atoms with Crippen molar-refractivity contribution in [2.75, 3.05) is 0 Å². The van der Waals surface area contributed by atoms with Gasteiger partial charge in [-0.15, -0.1) is 0 Å². The molecule has 0 bridgehead atoms. The van der Waals surface area contributed by atoms with Crippen molar-refractivity contribution in [2.24, 2.45) is 0 Å². The molecule has 36 heavy (non-hydrogen) atoms. The van der Waals surface area contributed by atoms with E-state index in [0.29, 0.717) is 9.13 Å². The van der Waals surface area contributed by atoms with Gasteiger partial charge in [0.1, 0.15) is 0 Å². The number of hydrogen-bond donors (Lipinski definition) is 2. The lowest BCUT2D eigenvalue weighted by atomic mass is 10.1. The first kappa shape index (κ1) is 23.2. The van der Waals surface area contributed by atoms with Crippen LogP contribution in [0.4, 0.5) is 0 Å². The van der Waals surface area contributed by atoms with Crippen LogP contribution in [-0.4, -0.2) is 31.3 Å². The molecule has 178 valence electrons. The largest absolute Gasteiger partial charge is 0.478 e. The first-order chi connectivity index (χ1) is 17.0. The van der Waals surface area contributed by atoms with Crippen molar-refractivity contribution in [1.82, 2.24) is 9.13 Å². The van der Waals surface area contributed by atoms with Crippen LogP contribution in [0.2, 0.25) is 10.0 Å². The lowest BCUT2D eigenvalue weighted by Gasteiger charge is -2.05. The summed E-state index contributed by atoms with van der Waals surface area (Å²) in [5.41, 5.74) is -4.24. The highest BCUT2D eigenvalue weighted by molar-refractivity contribution is 6.33. The molecular formula is C24H10Cl2N2O8. The van der Waals surface area contributed by atoms with Crippen LogP contribution in [0.15, 0.2) is 67.7 Å². The second-order valence-corrected chi connectivity index (χ2v) is 8.59. The molecule has 10 nitrogen and oxygen atoms in total. The predicted octanol–water partition coefficient (Wildman–Crippen LogP) is 2.59. The second-order valence-electron chi connectivity index (χ2n) is 7.78. The molecule has 0 unspecified atom stereocenters. The number of carbonyl (C=O) groups is 2. The van der Waals surface area contributed by atoms with Gasteiger partial charge in [0.05, 0.1) is 54.1 Å². The van der Waals surface area contributed by atoms with Gasteiger partial charge < -0.3 is 10.2 Å². The topological polar surface area (TPSA) is 153 Å². The molecule has 12 heteroatoms. The number of aromatic carboxylic acids is 2. The summed E-state index contributed by atoms with van der Waals surface area (Å²) in [7, 11) is 0. The van der Waals surface area contributed by atoms with Crippen LogP contribution in [0.1, 0.15) is 20.7 Å². The summed E-state index contributed by atoms with van der Waals surface area (Å²) in [5, 5.41) is 17.6. The Morgan fingerprint density at radius 1 is 0.556 bits per heavy atom. The number of aromatic nitrogens is 2. The smallest absolute Gasteiger partial charge is 0.335 e. The van der Waals surface area contributed by atoms with E-state index in [1.165, 1.54) is 24.3 Å². The molecule has 5 rings (SSSR count). The summed E-state index contributed by atoms with van der Waals surface area (Å²) in [6.45, 7) is 0. The third-order valence-corrected chi connectivity index (χ3v) is 6.40. The van der Waals surface area contributed by atoms with E-state index < -0.39 is 34.2 Å². The zero-order valence-corrected chi connectivity index (χ0v) is 19.1. The summed E-state index contributed by atoms with van der Waals surface area (Å²) >= 11 is 12.3. The Morgan fingerprint density at radius 3 is 1.14 bits per heavy atom. The molecule has 0 spiro atoms. The Balaban J connectivity index is 1.83. The summed E-state index contributed by atoms with van der Waals surface area (Å²) in [5.74, 6) is -2.60. The van der Waals surface area contributed by atoms with Crippen molar-refractivity contribution in [3.05, 3.63) is 111 Å². The van der Waals surface area contributed by atoms with Gasteiger partial charge in [0, 0.05) is 0 Å². The van der Waals surface area contributed by atoms with Crippen molar-refractivity contribution in [3.8, 4) is 11.4 Å². The number of halogens is 2. The van der Waals surface area contributed by atoms with Gasteiger partial charge >= 0.3 is 11.9 Å². The zero-order chi connectivity index (χ0) is 26.0. The summed E-state index contributed by atoms with van der Waals surface area (Å²) in [6.07, 6.45) is 0. The van der Waals surface area contributed by atoms with E-state index in [2.05, 4.69) is 0 Å². The van der Waals surface area contributed by atoms with Crippen molar-refractivity contribution < 1.29 is 19.8 Å². The maximum absolute atomic E-state index is 13.2. The van der Waals surface area contributed by atoms with Crippen LogP contribution in [0.25, 0.3) is 32.9 Å². The Morgan fingerprint density at radius 2 is 0.861 bits per heavy atom. The summed E-state index contributed by atoms with van der Waals surface area (Å²) in [6, 6.07) is 9.18. The van der Waals surface area contributed by atoms with E-state index in [1.54, 1.807) is 0 Å². The predicted molar refractivity (Wildman–Crippen MR) is 131 cm³/mol. The molecule has 2 N–H and O–H groups in total. The Bertz CT molecular complexity index is 1790. The van der Waals surface area contributed by atoms with E-state index in [4.69, 9.17) is 23.2 Å². The molecule has 2 heterocycles. The fourth-order valence-electron chi connectivity index (χ4n) is 4.05. The van der Waals surface area contributed by atoms with Crippen molar-refractivity contribution in [2.45, 2.75) is 0 Å².